The van der Waals surface area contributed by atoms with Gasteiger partial charge in [-0.05, 0) is 134 Å². The Morgan fingerprint density at radius 2 is 0.803 bits per heavy atom. The molecule has 0 fully saturated rings. The number of rotatable bonds is 48. The van der Waals surface area contributed by atoms with E-state index < -0.39 is 22.2 Å². The summed E-state index contributed by atoms with van der Waals surface area (Å²) in [6.07, 6.45) is 35.6. The van der Waals surface area contributed by atoms with Crippen molar-refractivity contribution in [1.29, 1.82) is 0 Å². The van der Waals surface area contributed by atoms with Gasteiger partial charge in [-0.1, -0.05) is 191 Å². The molecule has 0 aromatic carbocycles. The smallest absolute Gasteiger partial charge is 0.410 e. The summed E-state index contributed by atoms with van der Waals surface area (Å²) in [5.41, 5.74) is -0.545. The Morgan fingerprint density at radius 1 is 0.434 bits per heavy atom. The van der Waals surface area contributed by atoms with Gasteiger partial charge in [0, 0.05) is 39.5 Å². The number of carbonyl (C=O) groups excluding carboxylic acids is 3. The van der Waals surface area contributed by atoms with Gasteiger partial charge in [-0.25, -0.2) is 4.79 Å². The molecule has 2 unspecified atom stereocenters. The van der Waals surface area contributed by atoms with Crippen LogP contribution in [0.25, 0.3) is 0 Å². The van der Waals surface area contributed by atoms with Crippen molar-refractivity contribution in [3.8, 4) is 0 Å². The van der Waals surface area contributed by atoms with E-state index in [1.807, 2.05) is 27.8 Å². The average molecular weight is 1110 g/mol. The highest BCUT2D eigenvalue weighted by molar-refractivity contribution is 6.74. The van der Waals surface area contributed by atoms with Gasteiger partial charge in [0.15, 0.2) is 16.6 Å². The molecule has 0 aliphatic heterocycles. The second-order valence-corrected chi connectivity index (χ2v) is 36.6. The lowest BCUT2D eigenvalue weighted by Crippen LogP contribution is -2.50. The number of carbonyl (C=O) groups is 3. The van der Waals surface area contributed by atoms with Crippen molar-refractivity contribution in [3.05, 3.63) is 0 Å². The molecule has 0 bridgehead atoms. The van der Waals surface area contributed by atoms with Crippen molar-refractivity contribution in [1.82, 2.24) is 9.80 Å². The normalized spacial score (nSPS) is 13.6. The standard InChI is InChI=1S/C64H130N2O8Si2/c1-18-21-24-27-30-31-32-35-43-53-70-59(67)50-44-48-58(74-76(16,17)64(10,11)12)55-66(52-42-41-51-65(13)61(69)72-62(4,5)6)54-57(73-75(14,15)63(7,8)9)47-39-36-40-49-60(68)71-56(45-37-33-28-25-22-19-2)46-38-34-29-26-23-20-3/h56-58H,18-55H2,1-17H3. The molecular weight excluding hydrogens is 981 g/mol. The van der Waals surface area contributed by atoms with E-state index >= 15 is 0 Å². The predicted molar refractivity (Wildman–Crippen MR) is 330 cm³/mol. The summed E-state index contributed by atoms with van der Waals surface area (Å²) in [6, 6.07) is 0. The van der Waals surface area contributed by atoms with Gasteiger partial charge in [0.25, 0.3) is 0 Å². The second kappa shape index (κ2) is 42.4. The molecule has 1 amide bonds. The van der Waals surface area contributed by atoms with Gasteiger partial charge < -0.3 is 28.0 Å². The fourth-order valence-corrected chi connectivity index (χ4v) is 12.0. The minimum atomic E-state index is -2.19. The summed E-state index contributed by atoms with van der Waals surface area (Å²) < 4.78 is 32.3. The number of nitrogens with zero attached hydrogens (tertiary/aromatic N) is 2. The van der Waals surface area contributed by atoms with E-state index in [-0.39, 0.29) is 46.4 Å². The summed E-state index contributed by atoms with van der Waals surface area (Å²) in [5.74, 6) is -0.131. The van der Waals surface area contributed by atoms with E-state index in [0.29, 0.717) is 26.0 Å². The largest absolute Gasteiger partial charge is 0.466 e. The molecule has 452 valence electrons. The minimum Gasteiger partial charge on any atom is -0.466 e. The number of esters is 2. The maximum atomic E-state index is 13.4. The van der Waals surface area contributed by atoms with Gasteiger partial charge in [0.2, 0.25) is 0 Å². The van der Waals surface area contributed by atoms with E-state index in [4.69, 9.17) is 23.1 Å². The molecule has 0 aromatic heterocycles. The molecule has 2 atom stereocenters. The van der Waals surface area contributed by atoms with Crippen molar-refractivity contribution >= 4 is 34.7 Å². The molecule has 0 aliphatic carbocycles. The average Bonchev–Trinajstić information content (AvgIpc) is 3.31. The van der Waals surface area contributed by atoms with Crippen LogP contribution in [0.4, 0.5) is 4.79 Å². The van der Waals surface area contributed by atoms with E-state index in [0.717, 1.165) is 110 Å². The third-order valence-corrected chi connectivity index (χ3v) is 25.3. The highest BCUT2D eigenvalue weighted by atomic mass is 28.4. The Hall–Kier alpha value is -1.48. The summed E-state index contributed by atoms with van der Waals surface area (Å²) >= 11 is 0. The van der Waals surface area contributed by atoms with Crippen LogP contribution in [0.15, 0.2) is 0 Å². The number of hydrogen-bond acceptors (Lipinski definition) is 9. The lowest BCUT2D eigenvalue weighted by atomic mass is 10.0. The van der Waals surface area contributed by atoms with Crippen LogP contribution >= 0.6 is 0 Å². The first kappa shape index (κ1) is 74.5. The van der Waals surface area contributed by atoms with Gasteiger partial charge in [-0.3, -0.25) is 14.5 Å². The topological polar surface area (TPSA) is 104 Å². The summed E-state index contributed by atoms with van der Waals surface area (Å²) in [7, 11) is -2.53. The van der Waals surface area contributed by atoms with Crippen molar-refractivity contribution in [3.63, 3.8) is 0 Å². The zero-order valence-corrected chi connectivity index (χ0v) is 55.8. The zero-order valence-electron chi connectivity index (χ0n) is 53.8. The quantitative estimate of drug-likeness (QED) is 0.0255. The SMILES string of the molecule is CCCCCCCCCCCOC(=O)CCCC(CN(CCCCN(C)C(=O)OC(C)(C)C)CC(CCCCCC(=O)OC(CCCCCCCC)CCCCCCCC)O[Si](C)(C)C(C)(C)C)O[Si](C)(C)C(C)(C)C. The first-order chi connectivity index (χ1) is 35.7. The molecule has 0 aromatic rings. The first-order valence-electron chi connectivity index (χ1n) is 32.0. The molecule has 0 saturated carbocycles. The lowest BCUT2D eigenvalue weighted by molar-refractivity contribution is -0.150. The van der Waals surface area contributed by atoms with Gasteiger partial charge in [-0.2, -0.15) is 0 Å². The van der Waals surface area contributed by atoms with Crippen molar-refractivity contribution in [2.75, 3.05) is 39.8 Å². The first-order valence-corrected chi connectivity index (χ1v) is 37.9. The molecule has 0 heterocycles. The fourth-order valence-electron chi connectivity index (χ4n) is 9.29. The molecule has 12 heteroatoms. The van der Waals surface area contributed by atoms with Crippen molar-refractivity contribution in [2.24, 2.45) is 0 Å². The van der Waals surface area contributed by atoms with E-state index in [1.165, 1.54) is 109 Å². The van der Waals surface area contributed by atoms with Gasteiger partial charge in [0.1, 0.15) is 11.7 Å². The van der Waals surface area contributed by atoms with Crippen LogP contribution in [-0.2, 0) is 32.7 Å². The highest BCUT2D eigenvalue weighted by Crippen LogP contribution is 2.39. The van der Waals surface area contributed by atoms with Crippen molar-refractivity contribution in [2.45, 2.75) is 355 Å². The maximum absolute atomic E-state index is 13.4. The summed E-state index contributed by atoms with van der Waals surface area (Å²) in [6.45, 7) is 39.2. The van der Waals surface area contributed by atoms with Crippen LogP contribution < -0.4 is 0 Å². The number of amides is 1. The Morgan fingerprint density at radius 3 is 1.24 bits per heavy atom. The van der Waals surface area contributed by atoms with Crippen LogP contribution in [0.3, 0.4) is 0 Å². The monoisotopic (exact) mass is 1110 g/mol. The predicted octanol–water partition coefficient (Wildman–Crippen LogP) is 19.3. The number of hydrogen-bond donors (Lipinski definition) is 0. The fraction of sp³-hybridized carbons (Fsp3) is 0.953. The van der Waals surface area contributed by atoms with Gasteiger partial charge >= 0.3 is 18.0 Å². The Bertz CT molecular complexity index is 1420. The minimum absolute atomic E-state index is 0.0147. The molecule has 10 nitrogen and oxygen atoms in total. The Kier molecular flexibility index (Phi) is 41.6. The highest BCUT2D eigenvalue weighted by Gasteiger charge is 2.41. The van der Waals surface area contributed by atoms with Crippen LogP contribution in [-0.4, -0.2) is 108 Å². The molecule has 0 aliphatic rings. The molecule has 76 heavy (non-hydrogen) atoms. The molecular formula is C64H130N2O8Si2. The van der Waals surface area contributed by atoms with Crippen LogP contribution in [0, 0.1) is 0 Å². The third kappa shape index (κ3) is 39.8. The lowest BCUT2D eigenvalue weighted by Gasteiger charge is -2.42. The van der Waals surface area contributed by atoms with Gasteiger partial charge in [0.05, 0.1) is 18.8 Å². The summed E-state index contributed by atoms with van der Waals surface area (Å²) in [5, 5.41) is 0.0734. The second-order valence-electron chi connectivity index (χ2n) is 27.1. The van der Waals surface area contributed by atoms with E-state index in [1.54, 1.807) is 4.90 Å². The van der Waals surface area contributed by atoms with Crippen LogP contribution in [0.5, 0.6) is 0 Å². The molecule has 0 N–H and O–H groups in total. The van der Waals surface area contributed by atoms with Crippen molar-refractivity contribution < 1.29 is 37.4 Å². The Labute approximate surface area is 474 Å². The van der Waals surface area contributed by atoms with Gasteiger partial charge in [-0.15, -0.1) is 0 Å². The molecule has 0 radical (unpaired) electrons. The Balaban J connectivity index is 6.21. The molecule has 0 rings (SSSR count). The number of unbranched alkanes of at least 4 members (excludes halogenated alkanes) is 21. The number of ether oxygens (including phenoxy) is 3. The maximum Gasteiger partial charge on any atom is 0.410 e. The summed E-state index contributed by atoms with van der Waals surface area (Å²) in [4.78, 5) is 43.6. The zero-order chi connectivity index (χ0) is 57.5. The van der Waals surface area contributed by atoms with E-state index in [9.17, 15) is 14.4 Å². The van der Waals surface area contributed by atoms with E-state index in [2.05, 4.69) is 93.4 Å². The third-order valence-electron chi connectivity index (χ3n) is 16.3. The molecule has 0 spiro atoms. The van der Waals surface area contributed by atoms with Crippen LogP contribution in [0.1, 0.15) is 295 Å². The molecule has 0 saturated heterocycles. The van der Waals surface area contributed by atoms with Crippen LogP contribution in [0.2, 0.25) is 36.3 Å².